The van der Waals surface area contributed by atoms with E-state index in [0.29, 0.717) is 12.1 Å². The van der Waals surface area contributed by atoms with Crippen LogP contribution in [0.25, 0.3) is 0 Å². The Hall–Kier alpha value is -2.02. The molecule has 0 aliphatic carbocycles. The van der Waals surface area contributed by atoms with Crippen LogP contribution < -0.4 is 10.2 Å². The predicted octanol–water partition coefficient (Wildman–Crippen LogP) is 2.12. The third-order valence-corrected chi connectivity index (χ3v) is 2.80. The summed E-state index contributed by atoms with van der Waals surface area (Å²) in [5, 5.41) is 11.7. The Labute approximate surface area is 101 Å². The molecule has 0 fully saturated rings. The van der Waals surface area contributed by atoms with Gasteiger partial charge in [0.25, 0.3) is 0 Å². The van der Waals surface area contributed by atoms with Crippen molar-refractivity contribution in [2.45, 2.75) is 26.3 Å². The molecule has 4 nitrogen and oxygen atoms in total. The van der Waals surface area contributed by atoms with E-state index in [-0.39, 0.29) is 11.4 Å². The van der Waals surface area contributed by atoms with Gasteiger partial charge >= 0.3 is 0 Å². The van der Waals surface area contributed by atoms with Gasteiger partial charge in [0, 0.05) is 5.54 Å². The van der Waals surface area contributed by atoms with E-state index in [4.69, 9.17) is 5.26 Å². The summed E-state index contributed by atoms with van der Waals surface area (Å²) < 4.78 is 0. The van der Waals surface area contributed by atoms with Gasteiger partial charge in [-0.2, -0.15) is 5.26 Å². The highest BCUT2D eigenvalue weighted by molar-refractivity contribution is 6.01. The van der Waals surface area contributed by atoms with Crippen LogP contribution in [-0.2, 0) is 4.79 Å². The van der Waals surface area contributed by atoms with Crippen molar-refractivity contribution in [3.63, 3.8) is 0 Å². The van der Waals surface area contributed by atoms with Crippen molar-refractivity contribution >= 4 is 17.3 Å². The first-order valence-electron chi connectivity index (χ1n) is 5.53. The molecule has 88 valence electrons. The average molecular weight is 229 g/mol. The maximum absolute atomic E-state index is 11.6. The van der Waals surface area contributed by atoms with Gasteiger partial charge in [0.1, 0.15) is 0 Å². The van der Waals surface area contributed by atoms with Crippen LogP contribution in [0.4, 0.5) is 11.4 Å². The van der Waals surface area contributed by atoms with Crippen molar-refractivity contribution in [2.24, 2.45) is 0 Å². The number of carbonyl (C=O) groups excluding carboxylic acids is 1. The number of benzene rings is 1. The van der Waals surface area contributed by atoms with Crippen LogP contribution in [0.1, 0.15) is 26.3 Å². The fourth-order valence-electron chi connectivity index (χ4n) is 1.95. The molecular weight excluding hydrogens is 214 g/mol. The second kappa shape index (κ2) is 3.77. The molecule has 2 rings (SSSR count). The van der Waals surface area contributed by atoms with E-state index in [1.54, 1.807) is 12.1 Å². The Kier molecular flexibility index (Phi) is 2.55. The summed E-state index contributed by atoms with van der Waals surface area (Å²) in [6, 6.07) is 7.44. The van der Waals surface area contributed by atoms with Crippen molar-refractivity contribution in [1.82, 2.24) is 0 Å². The van der Waals surface area contributed by atoms with E-state index < -0.39 is 0 Å². The van der Waals surface area contributed by atoms with Gasteiger partial charge in [0.15, 0.2) is 0 Å². The van der Waals surface area contributed by atoms with Crippen LogP contribution >= 0.6 is 0 Å². The van der Waals surface area contributed by atoms with Crippen LogP contribution in [0.2, 0.25) is 0 Å². The zero-order chi connectivity index (χ0) is 12.6. The number of amides is 1. The predicted molar refractivity (Wildman–Crippen MR) is 66.9 cm³/mol. The molecule has 1 aromatic rings. The van der Waals surface area contributed by atoms with Gasteiger partial charge in [0.2, 0.25) is 5.91 Å². The maximum atomic E-state index is 11.6. The summed E-state index contributed by atoms with van der Waals surface area (Å²) in [5.41, 5.74) is 2.14. The molecule has 1 N–H and O–H groups in total. The van der Waals surface area contributed by atoms with Crippen molar-refractivity contribution < 1.29 is 4.79 Å². The Balaban J connectivity index is 2.54. The zero-order valence-corrected chi connectivity index (χ0v) is 10.2. The minimum Gasteiger partial charge on any atom is -0.356 e. The van der Waals surface area contributed by atoms with E-state index >= 15 is 0 Å². The average Bonchev–Trinajstić information content (AvgIpc) is 2.26. The summed E-state index contributed by atoms with van der Waals surface area (Å²) >= 11 is 0. The number of nitriles is 1. The van der Waals surface area contributed by atoms with Gasteiger partial charge < -0.3 is 10.2 Å². The molecule has 0 atom stereocenters. The molecule has 4 heteroatoms. The number of hydrogen-bond acceptors (Lipinski definition) is 3. The highest BCUT2D eigenvalue weighted by atomic mass is 16.2. The molecule has 1 aliphatic heterocycles. The third-order valence-electron chi connectivity index (χ3n) is 2.80. The normalized spacial score (nSPS) is 14.9. The lowest BCUT2D eigenvalue weighted by Crippen LogP contribution is -2.49. The molecule has 1 aliphatic rings. The Morgan fingerprint density at radius 1 is 1.41 bits per heavy atom. The first-order valence-corrected chi connectivity index (χ1v) is 5.53. The van der Waals surface area contributed by atoms with Gasteiger partial charge in [-0.25, -0.2) is 0 Å². The van der Waals surface area contributed by atoms with Crippen LogP contribution in [0.15, 0.2) is 18.2 Å². The van der Waals surface area contributed by atoms with Gasteiger partial charge in [-0.3, -0.25) is 4.79 Å². The van der Waals surface area contributed by atoms with Crippen molar-refractivity contribution in [3.05, 3.63) is 23.8 Å². The van der Waals surface area contributed by atoms with E-state index in [1.165, 1.54) is 0 Å². The van der Waals surface area contributed by atoms with E-state index in [1.807, 2.05) is 11.0 Å². The number of nitrogens with zero attached hydrogens (tertiary/aromatic N) is 2. The summed E-state index contributed by atoms with van der Waals surface area (Å²) in [5.74, 6) is -0.0165. The van der Waals surface area contributed by atoms with E-state index in [9.17, 15) is 4.79 Å². The van der Waals surface area contributed by atoms with Crippen LogP contribution in [0.3, 0.4) is 0 Å². The minimum absolute atomic E-state index is 0.0165. The summed E-state index contributed by atoms with van der Waals surface area (Å²) in [6.07, 6.45) is 0. The molecule has 0 saturated heterocycles. The highest BCUT2D eigenvalue weighted by Gasteiger charge is 2.30. The Morgan fingerprint density at radius 3 is 2.71 bits per heavy atom. The maximum Gasteiger partial charge on any atom is 0.243 e. The van der Waals surface area contributed by atoms with Gasteiger partial charge in [-0.05, 0) is 39.0 Å². The fourth-order valence-corrected chi connectivity index (χ4v) is 1.95. The molecule has 1 heterocycles. The molecule has 0 bridgehead atoms. The van der Waals surface area contributed by atoms with Crippen LogP contribution in [0, 0.1) is 11.3 Å². The number of nitrogens with one attached hydrogen (secondary N) is 1. The van der Waals surface area contributed by atoms with Gasteiger partial charge in [-0.1, -0.05) is 0 Å². The van der Waals surface area contributed by atoms with Gasteiger partial charge in [-0.15, -0.1) is 0 Å². The van der Waals surface area contributed by atoms with Crippen LogP contribution in [0.5, 0.6) is 0 Å². The first-order chi connectivity index (χ1) is 7.91. The Morgan fingerprint density at radius 2 is 2.12 bits per heavy atom. The number of hydrogen-bond donors (Lipinski definition) is 1. The molecule has 0 unspecified atom stereocenters. The molecular formula is C13H15N3O. The summed E-state index contributed by atoms with van der Waals surface area (Å²) in [4.78, 5) is 13.6. The SMILES string of the molecule is CC(C)(C)N1CC(=O)Nc2ccc(C#N)cc21. The van der Waals surface area contributed by atoms with Gasteiger partial charge in [0.05, 0.1) is 29.6 Å². The zero-order valence-electron chi connectivity index (χ0n) is 10.2. The highest BCUT2D eigenvalue weighted by Crippen LogP contribution is 2.34. The molecule has 0 aromatic heterocycles. The van der Waals surface area contributed by atoms with E-state index in [0.717, 1.165) is 11.4 Å². The topological polar surface area (TPSA) is 56.1 Å². The van der Waals surface area contributed by atoms with E-state index in [2.05, 4.69) is 32.2 Å². The molecule has 1 amide bonds. The molecule has 1 aromatic carbocycles. The monoisotopic (exact) mass is 229 g/mol. The molecule has 0 spiro atoms. The number of carbonyl (C=O) groups is 1. The number of fused-ring (bicyclic) bond motifs is 1. The number of rotatable bonds is 0. The second-order valence-electron chi connectivity index (χ2n) is 5.15. The van der Waals surface area contributed by atoms with Crippen LogP contribution in [-0.4, -0.2) is 18.0 Å². The molecule has 17 heavy (non-hydrogen) atoms. The fraction of sp³-hybridized carbons (Fsp3) is 0.385. The quantitative estimate of drug-likeness (QED) is 0.741. The third kappa shape index (κ3) is 2.09. The van der Waals surface area contributed by atoms with Crippen molar-refractivity contribution in [1.29, 1.82) is 5.26 Å². The van der Waals surface area contributed by atoms with Crippen molar-refractivity contribution in [2.75, 3.05) is 16.8 Å². The summed E-state index contributed by atoms with van der Waals surface area (Å²) in [6.45, 7) is 6.47. The lowest BCUT2D eigenvalue weighted by molar-refractivity contribution is -0.115. The molecule has 0 radical (unpaired) electrons. The standard InChI is InChI=1S/C13H15N3O/c1-13(2,3)16-8-12(17)15-10-5-4-9(7-14)6-11(10)16/h4-6H,8H2,1-3H3,(H,15,17). The smallest absolute Gasteiger partial charge is 0.243 e. The first kappa shape index (κ1) is 11.5. The number of anilines is 2. The summed E-state index contributed by atoms with van der Waals surface area (Å²) in [7, 11) is 0. The Bertz CT molecular complexity index is 508. The molecule has 0 saturated carbocycles. The minimum atomic E-state index is -0.152. The van der Waals surface area contributed by atoms with Crippen molar-refractivity contribution in [3.8, 4) is 6.07 Å². The largest absolute Gasteiger partial charge is 0.356 e. The lowest BCUT2D eigenvalue weighted by atomic mass is 10.0. The second-order valence-corrected chi connectivity index (χ2v) is 5.15. The lowest BCUT2D eigenvalue weighted by Gasteiger charge is -2.41.